The number of hydrogen-bond donors (Lipinski definition) is 2. The van der Waals surface area contributed by atoms with E-state index < -0.39 is 0 Å². The second kappa shape index (κ2) is 11.5. The Labute approximate surface area is 180 Å². The van der Waals surface area contributed by atoms with Crippen molar-refractivity contribution >= 4 is 34.5 Å². The van der Waals surface area contributed by atoms with Gasteiger partial charge in [-0.15, -0.1) is 0 Å². The van der Waals surface area contributed by atoms with Crippen molar-refractivity contribution in [3.63, 3.8) is 0 Å². The highest BCUT2D eigenvalue weighted by molar-refractivity contribution is 7.99. The molecule has 0 spiro atoms. The lowest BCUT2D eigenvalue weighted by Crippen LogP contribution is -2.28. The van der Waals surface area contributed by atoms with E-state index in [1.807, 2.05) is 35.0 Å². The van der Waals surface area contributed by atoms with Crippen LogP contribution in [0.15, 0.2) is 41.7 Å². The number of benzene rings is 1. The average molecular weight is 429 g/mol. The van der Waals surface area contributed by atoms with Gasteiger partial charge in [-0.25, -0.2) is 14.6 Å². The van der Waals surface area contributed by atoms with Crippen LogP contribution in [-0.4, -0.2) is 58.2 Å². The number of nitrogens with one attached hydrogen (secondary N) is 2. The summed E-state index contributed by atoms with van der Waals surface area (Å²) in [5.41, 5.74) is 1.76. The van der Waals surface area contributed by atoms with Crippen molar-refractivity contribution in [3.05, 3.63) is 42.1 Å². The van der Waals surface area contributed by atoms with Crippen molar-refractivity contribution in [1.82, 2.24) is 25.1 Å². The van der Waals surface area contributed by atoms with Gasteiger partial charge in [-0.05, 0) is 12.0 Å². The second-order valence-electron chi connectivity index (χ2n) is 6.74. The number of thioether (sulfide) groups is 1. The van der Waals surface area contributed by atoms with Crippen molar-refractivity contribution in [2.24, 2.45) is 0 Å². The highest BCUT2D eigenvalue weighted by atomic mass is 32.2. The molecule has 0 fully saturated rings. The Morgan fingerprint density at radius 3 is 2.80 bits per heavy atom. The number of rotatable bonds is 12. The zero-order valence-electron chi connectivity index (χ0n) is 17.4. The lowest BCUT2D eigenvalue weighted by Gasteiger charge is -2.10. The number of carbonyl (C=O) groups is 1. The van der Waals surface area contributed by atoms with Gasteiger partial charge in [-0.2, -0.15) is 5.10 Å². The molecule has 3 rings (SSSR count). The molecule has 3 aromatic rings. The summed E-state index contributed by atoms with van der Waals surface area (Å²) in [4.78, 5) is 21.5. The normalized spacial score (nSPS) is 11.0. The number of aromatic nitrogens is 4. The first-order chi connectivity index (χ1) is 14.7. The number of nitrogens with zero attached hydrogens (tertiary/aromatic N) is 4. The molecule has 2 aromatic heterocycles. The second-order valence-corrected chi connectivity index (χ2v) is 7.80. The number of methoxy groups -OCH3 is 1. The van der Waals surface area contributed by atoms with E-state index in [0.717, 1.165) is 39.7 Å². The molecule has 30 heavy (non-hydrogen) atoms. The molecule has 0 aliphatic carbocycles. The maximum absolute atomic E-state index is 12.2. The van der Waals surface area contributed by atoms with E-state index in [2.05, 4.69) is 27.6 Å². The molecule has 2 heterocycles. The number of carbonyl (C=O) groups excluding carboxylic acids is 1. The summed E-state index contributed by atoms with van der Waals surface area (Å²) in [7, 11) is 1.67. The third-order valence-corrected chi connectivity index (χ3v) is 5.42. The van der Waals surface area contributed by atoms with Crippen molar-refractivity contribution in [2.45, 2.75) is 31.5 Å². The van der Waals surface area contributed by atoms with E-state index in [9.17, 15) is 4.79 Å². The van der Waals surface area contributed by atoms with Crippen LogP contribution in [0.25, 0.3) is 11.0 Å². The third kappa shape index (κ3) is 6.17. The zero-order chi connectivity index (χ0) is 21.2. The summed E-state index contributed by atoms with van der Waals surface area (Å²) in [6, 6.07) is 9.71. The summed E-state index contributed by atoms with van der Waals surface area (Å²) in [6.07, 6.45) is 3.18. The van der Waals surface area contributed by atoms with Crippen molar-refractivity contribution < 1.29 is 9.53 Å². The van der Waals surface area contributed by atoms with Gasteiger partial charge in [0.2, 0.25) is 5.91 Å². The summed E-state index contributed by atoms with van der Waals surface area (Å²) in [5.74, 6) is 1.70. The minimum atomic E-state index is -0.00611. The first kappa shape index (κ1) is 22.0. The van der Waals surface area contributed by atoms with E-state index >= 15 is 0 Å². The molecule has 1 amide bonds. The maximum Gasteiger partial charge on any atom is 0.224 e. The van der Waals surface area contributed by atoms with Crippen LogP contribution >= 0.6 is 11.8 Å². The first-order valence-electron chi connectivity index (χ1n) is 10.1. The average Bonchev–Trinajstić information content (AvgIpc) is 3.16. The van der Waals surface area contributed by atoms with E-state index in [0.29, 0.717) is 32.7 Å². The summed E-state index contributed by atoms with van der Waals surface area (Å²) in [5, 5.41) is 12.3. The molecule has 0 unspecified atom stereocenters. The molecule has 9 heteroatoms. The minimum absolute atomic E-state index is 0.00611. The van der Waals surface area contributed by atoms with Gasteiger partial charge in [0, 0.05) is 26.0 Å². The summed E-state index contributed by atoms with van der Waals surface area (Å²) in [6.45, 7) is 4.39. The molecule has 1 aromatic carbocycles. The fourth-order valence-corrected chi connectivity index (χ4v) is 3.60. The first-order valence-corrected chi connectivity index (χ1v) is 11.1. The van der Waals surface area contributed by atoms with Crippen molar-refractivity contribution in [1.29, 1.82) is 0 Å². The Balaban J connectivity index is 1.67. The lowest BCUT2D eigenvalue weighted by molar-refractivity contribution is -0.120. The van der Waals surface area contributed by atoms with Gasteiger partial charge in [0.05, 0.1) is 31.2 Å². The van der Waals surface area contributed by atoms with Crippen LogP contribution in [-0.2, 0) is 22.5 Å². The third-order valence-electron chi connectivity index (χ3n) is 4.36. The standard InChI is InChI=1S/C21H28N6O2S/c1-3-13-30-21-25-19(23-10-12-29-2)17-15-24-27(20(17)26-21)11-9-22-18(28)14-16-7-5-4-6-8-16/h4-8,15H,3,9-14H2,1-2H3,(H,22,28)(H,23,25,26). The zero-order valence-corrected chi connectivity index (χ0v) is 18.2. The highest BCUT2D eigenvalue weighted by Crippen LogP contribution is 2.24. The molecule has 2 N–H and O–H groups in total. The number of ether oxygens (including phenoxy) is 1. The molecule has 8 nitrogen and oxygen atoms in total. The number of anilines is 1. The van der Waals surface area contributed by atoms with E-state index in [1.54, 1.807) is 25.1 Å². The summed E-state index contributed by atoms with van der Waals surface area (Å²) < 4.78 is 6.94. The van der Waals surface area contributed by atoms with Gasteiger partial charge in [-0.1, -0.05) is 49.0 Å². The smallest absolute Gasteiger partial charge is 0.224 e. The molecule has 0 saturated heterocycles. The van der Waals surface area contributed by atoms with E-state index in [4.69, 9.17) is 9.72 Å². The van der Waals surface area contributed by atoms with Gasteiger partial charge in [0.15, 0.2) is 10.8 Å². The van der Waals surface area contributed by atoms with Crippen LogP contribution < -0.4 is 10.6 Å². The van der Waals surface area contributed by atoms with E-state index in [1.165, 1.54) is 0 Å². The van der Waals surface area contributed by atoms with Gasteiger partial charge in [0.1, 0.15) is 5.82 Å². The lowest BCUT2D eigenvalue weighted by atomic mass is 10.1. The monoisotopic (exact) mass is 428 g/mol. The molecular weight excluding hydrogens is 400 g/mol. The van der Waals surface area contributed by atoms with Gasteiger partial charge in [-0.3, -0.25) is 4.79 Å². The number of fused-ring (bicyclic) bond motifs is 1. The van der Waals surface area contributed by atoms with Crippen LogP contribution in [0.4, 0.5) is 5.82 Å². The fraction of sp³-hybridized carbons (Fsp3) is 0.429. The fourth-order valence-electron chi connectivity index (χ4n) is 2.91. The Morgan fingerprint density at radius 1 is 1.20 bits per heavy atom. The molecule has 0 bridgehead atoms. The number of amides is 1. The van der Waals surface area contributed by atoms with Crippen LogP contribution in [0, 0.1) is 0 Å². The van der Waals surface area contributed by atoms with Gasteiger partial charge >= 0.3 is 0 Å². The van der Waals surface area contributed by atoms with E-state index in [-0.39, 0.29) is 5.91 Å². The Morgan fingerprint density at radius 2 is 2.03 bits per heavy atom. The largest absolute Gasteiger partial charge is 0.383 e. The topological polar surface area (TPSA) is 94.0 Å². The number of hydrogen-bond acceptors (Lipinski definition) is 7. The van der Waals surface area contributed by atoms with Crippen molar-refractivity contribution in [2.75, 3.05) is 37.9 Å². The molecule has 160 valence electrons. The Kier molecular flexibility index (Phi) is 8.46. The molecular formula is C21H28N6O2S. The Bertz CT molecular complexity index is 947. The van der Waals surface area contributed by atoms with Crippen LogP contribution in [0.5, 0.6) is 0 Å². The highest BCUT2D eigenvalue weighted by Gasteiger charge is 2.13. The molecule has 0 radical (unpaired) electrons. The molecule has 0 saturated carbocycles. The van der Waals surface area contributed by atoms with Crippen LogP contribution in [0.1, 0.15) is 18.9 Å². The van der Waals surface area contributed by atoms with Crippen LogP contribution in [0.2, 0.25) is 0 Å². The quantitative estimate of drug-likeness (QED) is 0.260. The summed E-state index contributed by atoms with van der Waals surface area (Å²) >= 11 is 1.63. The molecule has 0 aliphatic rings. The predicted octanol–water partition coefficient (Wildman–Crippen LogP) is 2.75. The minimum Gasteiger partial charge on any atom is -0.383 e. The van der Waals surface area contributed by atoms with Crippen molar-refractivity contribution in [3.8, 4) is 0 Å². The molecule has 0 atom stereocenters. The molecule has 0 aliphatic heterocycles. The van der Waals surface area contributed by atoms with Gasteiger partial charge < -0.3 is 15.4 Å². The van der Waals surface area contributed by atoms with Gasteiger partial charge in [0.25, 0.3) is 0 Å². The van der Waals surface area contributed by atoms with Crippen LogP contribution in [0.3, 0.4) is 0 Å². The SMILES string of the molecule is CCCSc1nc(NCCOC)c2cnn(CCNC(=O)Cc3ccccc3)c2n1. The maximum atomic E-state index is 12.2. The Hall–Kier alpha value is -2.65. The predicted molar refractivity (Wildman–Crippen MR) is 120 cm³/mol.